The number of hydrogen-bond acceptors (Lipinski definition) is 6. The molecular formula is C24H22N4O3S. The first-order valence-electron chi connectivity index (χ1n) is 10.5. The summed E-state index contributed by atoms with van der Waals surface area (Å²) in [5.41, 5.74) is 4.20. The minimum atomic E-state index is -0.228. The predicted octanol–water partition coefficient (Wildman–Crippen LogP) is 4.21. The summed E-state index contributed by atoms with van der Waals surface area (Å²) in [6.45, 7) is 4.98. The van der Waals surface area contributed by atoms with Crippen molar-refractivity contribution in [1.29, 1.82) is 0 Å². The van der Waals surface area contributed by atoms with Gasteiger partial charge < -0.3 is 14.6 Å². The van der Waals surface area contributed by atoms with E-state index in [2.05, 4.69) is 21.4 Å². The molecule has 2 aromatic carbocycles. The molecule has 1 saturated heterocycles. The van der Waals surface area contributed by atoms with Gasteiger partial charge in [-0.15, -0.1) is 11.3 Å². The van der Waals surface area contributed by atoms with Crippen LogP contribution in [0.5, 0.6) is 0 Å². The molecule has 0 spiro atoms. The quantitative estimate of drug-likeness (QED) is 0.496. The van der Waals surface area contributed by atoms with E-state index in [1.807, 2.05) is 32.0 Å². The highest BCUT2D eigenvalue weighted by Crippen LogP contribution is 2.33. The van der Waals surface area contributed by atoms with Crippen LogP contribution in [0.15, 0.2) is 53.3 Å². The molecule has 0 bridgehead atoms. The summed E-state index contributed by atoms with van der Waals surface area (Å²) in [6, 6.07) is 13.3. The molecule has 1 unspecified atom stereocenters. The fourth-order valence-electron chi connectivity index (χ4n) is 3.99. The van der Waals surface area contributed by atoms with Gasteiger partial charge in [0.1, 0.15) is 11.2 Å². The lowest BCUT2D eigenvalue weighted by Crippen LogP contribution is -2.56. The Morgan fingerprint density at radius 1 is 1.22 bits per heavy atom. The third-order valence-corrected chi connectivity index (χ3v) is 6.75. The van der Waals surface area contributed by atoms with Crippen LogP contribution in [0, 0.1) is 13.8 Å². The zero-order valence-electron chi connectivity index (χ0n) is 17.8. The second kappa shape index (κ2) is 8.20. The molecule has 2 amide bonds. The van der Waals surface area contributed by atoms with Gasteiger partial charge >= 0.3 is 0 Å². The van der Waals surface area contributed by atoms with E-state index >= 15 is 0 Å². The molecule has 0 aliphatic carbocycles. The van der Waals surface area contributed by atoms with Crippen molar-refractivity contribution >= 4 is 34.3 Å². The highest BCUT2D eigenvalue weighted by molar-refractivity contribution is 7.15. The zero-order valence-corrected chi connectivity index (χ0v) is 18.6. The highest BCUT2D eigenvalue weighted by atomic mass is 32.1. The van der Waals surface area contributed by atoms with E-state index in [1.165, 1.54) is 17.7 Å². The highest BCUT2D eigenvalue weighted by Gasteiger charge is 2.35. The monoisotopic (exact) mass is 446 g/mol. The first kappa shape index (κ1) is 20.4. The zero-order chi connectivity index (χ0) is 22.2. The van der Waals surface area contributed by atoms with Crippen molar-refractivity contribution in [3.8, 4) is 10.4 Å². The maximum Gasteiger partial charge on any atom is 0.274 e. The van der Waals surface area contributed by atoms with E-state index in [4.69, 9.17) is 4.42 Å². The lowest BCUT2D eigenvalue weighted by atomic mass is 10.0. The Morgan fingerprint density at radius 2 is 2.06 bits per heavy atom. The number of nitrogens with one attached hydrogen (secondary N) is 1. The second-order valence-corrected chi connectivity index (χ2v) is 9.14. The smallest absolute Gasteiger partial charge is 0.274 e. The topological polar surface area (TPSA) is 88.3 Å². The van der Waals surface area contributed by atoms with E-state index < -0.39 is 0 Å². The van der Waals surface area contributed by atoms with Crippen LogP contribution < -0.4 is 5.32 Å². The van der Waals surface area contributed by atoms with Crippen molar-refractivity contribution in [2.75, 3.05) is 13.1 Å². The summed E-state index contributed by atoms with van der Waals surface area (Å²) >= 11 is 1.53. The number of carbonyl (C=O) groups is 2. The van der Waals surface area contributed by atoms with E-state index in [0.29, 0.717) is 35.4 Å². The summed E-state index contributed by atoms with van der Waals surface area (Å²) in [7, 11) is 0. The van der Waals surface area contributed by atoms with Gasteiger partial charge in [-0.05, 0) is 38.0 Å². The molecular weight excluding hydrogens is 424 g/mol. The van der Waals surface area contributed by atoms with Gasteiger partial charge in [-0.25, -0.2) is 9.97 Å². The Hall–Kier alpha value is -3.52. The number of benzene rings is 2. The van der Waals surface area contributed by atoms with E-state index in [-0.39, 0.29) is 17.9 Å². The molecule has 8 heteroatoms. The Balaban J connectivity index is 1.30. The summed E-state index contributed by atoms with van der Waals surface area (Å²) < 4.78 is 5.27. The fraction of sp³-hybridized carbons (Fsp3) is 0.250. The number of thiazole rings is 1. The number of fused-ring (bicyclic) bond motifs is 1. The summed E-state index contributed by atoms with van der Waals surface area (Å²) in [4.78, 5) is 37.4. The van der Waals surface area contributed by atoms with Gasteiger partial charge in [0, 0.05) is 13.1 Å². The van der Waals surface area contributed by atoms with Crippen LogP contribution in [-0.2, 0) is 0 Å². The van der Waals surface area contributed by atoms with Gasteiger partial charge in [-0.1, -0.05) is 35.9 Å². The molecule has 3 heterocycles. The number of aryl methyl sites for hydroxylation is 2. The number of likely N-dealkylation sites (tertiary alicyclic amines) is 1. The van der Waals surface area contributed by atoms with Crippen LogP contribution in [0.1, 0.15) is 37.8 Å². The number of nitrogens with zero attached hydrogens (tertiary/aromatic N) is 3. The molecule has 1 aliphatic rings. The van der Waals surface area contributed by atoms with E-state index in [0.717, 1.165) is 27.4 Å². The van der Waals surface area contributed by atoms with Gasteiger partial charge in [-0.3, -0.25) is 9.59 Å². The Kier molecular flexibility index (Phi) is 5.22. The van der Waals surface area contributed by atoms with Crippen molar-refractivity contribution in [3.63, 3.8) is 0 Å². The molecule has 1 aliphatic heterocycles. The minimum absolute atomic E-state index is 0.0599. The van der Waals surface area contributed by atoms with Crippen molar-refractivity contribution < 1.29 is 14.0 Å². The van der Waals surface area contributed by atoms with Gasteiger partial charge in [0.2, 0.25) is 0 Å². The number of hydrogen-bond donors (Lipinski definition) is 1. The lowest BCUT2D eigenvalue weighted by molar-refractivity contribution is 0.0451. The van der Waals surface area contributed by atoms with E-state index in [9.17, 15) is 9.59 Å². The number of aromatic nitrogens is 2. The Bertz CT molecular complexity index is 1330. The van der Waals surface area contributed by atoms with Crippen molar-refractivity contribution in [2.45, 2.75) is 26.3 Å². The average Bonchev–Trinajstić information content (AvgIpc) is 3.39. The molecule has 5 rings (SSSR count). The maximum atomic E-state index is 13.3. The third kappa shape index (κ3) is 3.67. The van der Waals surface area contributed by atoms with Crippen LogP contribution in [0.2, 0.25) is 0 Å². The molecule has 32 heavy (non-hydrogen) atoms. The normalized spacial score (nSPS) is 15.6. The van der Waals surface area contributed by atoms with Crippen LogP contribution in [0.4, 0.5) is 0 Å². The molecule has 4 aromatic rings. The van der Waals surface area contributed by atoms with Gasteiger partial charge in [-0.2, -0.15) is 0 Å². The number of rotatable bonds is 5. The molecule has 0 saturated carbocycles. The van der Waals surface area contributed by atoms with Crippen molar-refractivity contribution in [2.24, 2.45) is 0 Å². The largest absolute Gasteiger partial charge is 0.443 e. The lowest BCUT2D eigenvalue weighted by Gasteiger charge is -2.40. The number of amides is 2. The summed E-state index contributed by atoms with van der Waals surface area (Å²) in [5.74, 6) is -0.316. The third-order valence-electron chi connectivity index (χ3n) is 5.73. The first-order valence-corrected chi connectivity index (χ1v) is 11.3. The minimum Gasteiger partial charge on any atom is -0.443 e. The fourth-order valence-corrected chi connectivity index (χ4v) is 4.89. The first-order chi connectivity index (χ1) is 15.5. The molecule has 1 atom stereocenters. The Labute approximate surface area is 189 Å². The van der Waals surface area contributed by atoms with Crippen LogP contribution in [-0.4, -0.2) is 45.8 Å². The standard InChI is InChI=1S/C24H22N4O3S/c1-14-5-3-6-16(11-14)22-21(27-15(2)32-22)24(30)28-10-9-17(28)12-25-23(29)18-7-4-8-19-20(18)26-13-31-19/h3-8,11,13,17H,9-10,12H2,1-2H3,(H,25,29). The van der Waals surface area contributed by atoms with Gasteiger partial charge in [0.25, 0.3) is 11.8 Å². The number of carbonyl (C=O) groups excluding carboxylic acids is 2. The maximum absolute atomic E-state index is 13.3. The van der Waals surface area contributed by atoms with Crippen LogP contribution in [0.25, 0.3) is 21.5 Å². The predicted molar refractivity (Wildman–Crippen MR) is 123 cm³/mol. The van der Waals surface area contributed by atoms with Crippen LogP contribution >= 0.6 is 11.3 Å². The van der Waals surface area contributed by atoms with Gasteiger partial charge in [0.15, 0.2) is 12.0 Å². The molecule has 1 N–H and O–H groups in total. The molecule has 2 aromatic heterocycles. The molecule has 162 valence electrons. The average molecular weight is 447 g/mol. The van der Waals surface area contributed by atoms with Crippen LogP contribution in [0.3, 0.4) is 0 Å². The summed E-state index contributed by atoms with van der Waals surface area (Å²) in [6.07, 6.45) is 2.17. The summed E-state index contributed by atoms with van der Waals surface area (Å²) in [5, 5.41) is 3.80. The molecule has 0 radical (unpaired) electrons. The number of para-hydroxylation sites is 1. The molecule has 1 fully saturated rings. The SMILES string of the molecule is Cc1cccc(-c2sc(C)nc2C(=O)N2CCC2CNC(=O)c2cccc3ocnc23)c1. The van der Waals surface area contributed by atoms with Crippen molar-refractivity contribution in [3.05, 3.63) is 70.7 Å². The Morgan fingerprint density at radius 3 is 2.84 bits per heavy atom. The molecule has 7 nitrogen and oxygen atoms in total. The second-order valence-electron chi connectivity index (χ2n) is 7.94. The number of oxazole rings is 1. The van der Waals surface area contributed by atoms with E-state index in [1.54, 1.807) is 23.1 Å². The van der Waals surface area contributed by atoms with Crippen molar-refractivity contribution in [1.82, 2.24) is 20.2 Å². The van der Waals surface area contributed by atoms with Gasteiger partial charge in [0.05, 0.1) is 21.5 Å².